The molecule has 27 heavy (non-hydrogen) atoms. The number of benzene rings is 1. The van der Waals surface area contributed by atoms with E-state index in [0.29, 0.717) is 0 Å². The van der Waals surface area contributed by atoms with Gasteiger partial charge < -0.3 is 4.74 Å². The van der Waals surface area contributed by atoms with Crippen molar-refractivity contribution in [3.8, 4) is 5.75 Å². The van der Waals surface area contributed by atoms with E-state index in [0.717, 1.165) is 11.3 Å². The summed E-state index contributed by atoms with van der Waals surface area (Å²) in [5.41, 5.74) is 3.78. The summed E-state index contributed by atoms with van der Waals surface area (Å²) >= 11 is 5.45. The molecule has 0 aliphatic heterocycles. The van der Waals surface area contributed by atoms with Crippen molar-refractivity contribution in [2.24, 2.45) is 0 Å². The van der Waals surface area contributed by atoms with Gasteiger partial charge in [0, 0.05) is 10.4 Å². The molecule has 4 rings (SSSR count). The number of ether oxygens (including phenoxy) is 1. The number of rotatable bonds is 6. The summed E-state index contributed by atoms with van der Waals surface area (Å²) in [7, 11) is 1.74. The predicted octanol–water partition coefficient (Wildman–Crippen LogP) is 5.66. The third-order valence-corrected chi connectivity index (χ3v) is 7.42. The SMILES string of the molecule is COc1ccccc1/C(C)=C(\B(c1cccs1)c1cccs1)c1cccs1. The Hall–Kier alpha value is -2.08. The van der Waals surface area contributed by atoms with Crippen LogP contribution >= 0.6 is 34.0 Å². The summed E-state index contributed by atoms with van der Waals surface area (Å²) < 4.78 is 8.41. The van der Waals surface area contributed by atoms with Crippen LogP contribution in [0.5, 0.6) is 5.75 Å². The first-order valence-corrected chi connectivity index (χ1v) is 11.4. The maximum absolute atomic E-state index is 5.67. The molecule has 0 aliphatic rings. The monoisotopic (exact) mass is 406 g/mol. The normalized spacial score (nSPS) is 11.9. The second-order valence-corrected chi connectivity index (χ2v) is 9.09. The Morgan fingerprint density at radius 1 is 0.778 bits per heavy atom. The lowest BCUT2D eigenvalue weighted by atomic mass is 9.41. The third-order valence-electron chi connectivity index (χ3n) is 4.65. The topological polar surface area (TPSA) is 9.23 Å². The van der Waals surface area contributed by atoms with Crippen LogP contribution in [0.25, 0.3) is 11.0 Å². The Bertz CT molecular complexity index is 981. The highest BCUT2D eigenvalue weighted by molar-refractivity contribution is 7.35. The fourth-order valence-electron chi connectivity index (χ4n) is 3.41. The van der Waals surface area contributed by atoms with Gasteiger partial charge in [-0.25, -0.2) is 0 Å². The second kappa shape index (κ2) is 8.30. The summed E-state index contributed by atoms with van der Waals surface area (Å²) in [5, 5.41) is 6.49. The molecule has 134 valence electrons. The van der Waals surface area contributed by atoms with Gasteiger partial charge in [0.1, 0.15) is 5.75 Å². The molecule has 0 bridgehead atoms. The van der Waals surface area contributed by atoms with E-state index >= 15 is 0 Å². The van der Waals surface area contributed by atoms with Crippen molar-refractivity contribution in [2.45, 2.75) is 6.92 Å². The van der Waals surface area contributed by atoms with Gasteiger partial charge in [-0.3, -0.25) is 0 Å². The van der Waals surface area contributed by atoms with Crippen molar-refractivity contribution in [3.63, 3.8) is 0 Å². The van der Waals surface area contributed by atoms with Crippen LogP contribution in [0.4, 0.5) is 0 Å². The van der Waals surface area contributed by atoms with Crippen LogP contribution < -0.4 is 14.3 Å². The van der Waals surface area contributed by atoms with Gasteiger partial charge in [0.25, 0.3) is 6.71 Å². The highest BCUT2D eigenvalue weighted by Gasteiger charge is 2.30. The van der Waals surface area contributed by atoms with Crippen molar-refractivity contribution in [1.82, 2.24) is 0 Å². The zero-order valence-electron chi connectivity index (χ0n) is 15.2. The zero-order valence-corrected chi connectivity index (χ0v) is 17.7. The first-order chi connectivity index (χ1) is 13.3. The maximum Gasteiger partial charge on any atom is 0.268 e. The summed E-state index contributed by atoms with van der Waals surface area (Å²) in [6.07, 6.45) is 0. The van der Waals surface area contributed by atoms with Gasteiger partial charge in [-0.15, -0.1) is 11.3 Å². The van der Waals surface area contributed by atoms with Gasteiger partial charge in [0.2, 0.25) is 0 Å². The van der Waals surface area contributed by atoms with Crippen LogP contribution in [0.3, 0.4) is 0 Å². The molecule has 0 N–H and O–H groups in total. The molecule has 0 spiro atoms. The van der Waals surface area contributed by atoms with E-state index in [2.05, 4.69) is 71.6 Å². The van der Waals surface area contributed by atoms with E-state index in [-0.39, 0.29) is 6.71 Å². The third kappa shape index (κ3) is 3.68. The quantitative estimate of drug-likeness (QED) is 0.376. The van der Waals surface area contributed by atoms with Gasteiger partial charge in [0.05, 0.1) is 7.11 Å². The van der Waals surface area contributed by atoms with E-state index in [4.69, 9.17) is 4.74 Å². The maximum atomic E-state index is 5.67. The lowest BCUT2D eigenvalue weighted by Gasteiger charge is -2.19. The number of hydrogen-bond acceptors (Lipinski definition) is 4. The molecule has 0 amide bonds. The van der Waals surface area contributed by atoms with Crippen LogP contribution in [0, 0.1) is 0 Å². The smallest absolute Gasteiger partial charge is 0.268 e. The summed E-state index contributed by atoms with van der Waals surface area (Å²) in [6, 6.07) is 21.4. The Morgan fingerprint density at radius 2 is 1.41 bits per heavy atom. The minimum Gasteiger partial charge on any atom is -0.496 e. The van der Waals surface area contributed by atoms with E-state index < -0.39 is 0 Å². The minimum atomic E-state index is 0.230. The predicted molar refractivity (Wildman–Crippen MR) is 123 cm³/mol. The van der Waals surface area contributed by atoms with Crippen LogP contribution in [-0.2, 0) is 0 Å². The molecular formula is C22H19BOS3. The fourth-order valence-corrected chi connectivity index (χ4v) is 6.05. The van der Waals surface area contributed by atoms with Crippen molar-refractivity contribution >= 4 is 61.3 Å². The molecule has 0 unspecified atom stereocenters. The van der Waals surface area contributed by atoms with Gasteiger partial charge in [0.15, 0.2) is 0 Å². The lowest BCUT2D eigenvalue weighted by molar-refractivity contribution is 0.413. The number of methoxy groups -OCH3 is 1. The molecule has 0 aliphatic carbocycles. The summed E-state index contributed by atoms with van der Waals surface area (Å²) in [6.45, 7) is 2.45. The standard InChI is InChI=1S/C22H19BOS3/c1-16(17-8-3-4-9-18(17)24-2)22(19-10-5-13-25-19)23(20-11-6-14-26-20)21-12-7-15-27-21/h3-15H,1-2H3/b22-16-. The average Bonchev–Trinajstić information content (AvgIpc) is 3.48. The molecular weight excluding hydrogens is 387 g/mol. The molecule has 5 heteroatoms. The van der Waals surface area contributed by atoms with E-state index in [9.17, 15) is 0 Å². The molecule has 0 saturated carbocycles. The molecule has 3 aromatic heterocycles. The molecule has 0 fully saturated rings. The molecule has 3 heterocycles. The number of allylic oxidation sites excluding steroid dienone is 1. The molecule has 0 atom stereocenters. The summed E-state index contributed by atoms with van der Waals surface area (Å²) in [5.74, 6) is 0.917. The van der Waals surface area contributed by atoms with Crippen molar-refractivity contribution in [3.05, 3.63) is 87.2 Å². The fraction of sp³-hybridized carbons (Fsp3) is 0.0909. The van der Waals surface area contributed by atoms with Gasteiger partial charge in [-0.05, 0) is 55.8 Å². The second-order valence-electron chi connectivity index (χ2n) is 6.18. The largest absolute Gasteiger partial charge is 0.496 e. The van der Waals surface area contributed by atoms with Crippen LogP contribution in [0.2, 0.25) is 0 Å². The Labute approximate surface area is 172 Å². The van der Waals surface area contributed by atoms with Gasteiger partial charge in [-0.1, -0.05) is 48.5 Å². The van der Waals surface area contributed by atoms with E-state index in [1.165, 1.54) is 25.5 Å². The van der Waals surface area contributed by atoms with Crippen LogP contribution in [0.1, 0.15) is 17.4 Å². The zero-order chi connectivity index (χ0) is 18.6. The summed E-state index contributed by atoms with van der Waals surface area (Å²) in [4.78, 5) is 1.31. The Balaban J connectivity index is 1.99. The highest BCUT2D eigenvalue weighted by atomic mass is 32.1. The number of hydrogen-bond donors (Lipinski definition) is 0. The van der Waals surface area contributed by atoms with E-state index in [1.807, 2.05) is 34.8 Å². The highest BCUT2D eigenvalue weighted by Crippen LogP contribution is 2.35. The van der Waals surface area contributed by atoms with Gasteiger partial charge >= 0.3 is 0 Å². The number of para-hydroxylation sites is 1. The lowest BCUT2D eigenvalue weighted by Crippen LogP contribution is -2.40. The van der Waals surface area contributed by atoms with Crippen LogP contribution in [0.15, 0.2) is 76.8 Å². The molecule has 0 saturated heterocycles. The van der Waals surface area contributed by atoms with Gasteiger partial charge in [-0.2, -0.15) is 22.7 Å². The van der Waals surface area contributed by atoms with E-state index in [1.54, 1.807) is 18.4 Å². The molecule has 4 aromatic rings. The first-order valence-electron chi connectivity index (χ1n) is 8.74. The number of thiophene rings is 3. The minimum absolute atomic E-state index is 0.230. The van der Waals surface area contributed by atoms with Crippen molar-refractivity contribution in [1.29, 1.82) is 0 Å². The first kappa shape index (κ1) is 18.3. The molecule has 0 radical (unpaired) electrons. The van der Waals surface area contributed by atoms with Crippen LogP contribution in [-0.4, -0.2) is 13.8 Å². The molecule has 1 nitrogen and oxygen atoms in total. The average molecular weight is 406 g/mol. The Morgan fingerprint density at radius 3 is 1.96 bits per heavy atom. The molecule has 1 aromatic carbocycles. The Kier molecular flexibility index (Phi) is 5.62. The van der Waals surface area contributed by atoms with Crippen molar-refractivity contribution < 1.29 is 4.74 Å². The van der Waals surface area contributed by atoms with Crippen molar-refractivity contribution in [2.75, 3.05) is 7.11 Å².